The van der Waals surface area contributed by atoms with E-state index in [-0.39, 0.29) is 19.1 Å². The van der Waals surface area contributed by atoms with Gasteiger partial charge in [-0.2, -0.15) is 0 Å². The molecule has 2 heteroatoms. The molecule has 0 aromatic heterocycles. The minimum atomic E-state index is -0.139. The van der Waals surface area contributed by atoms with Gasteiger partial charge in [0.25, 0.3) is 0 Å². The van der Waals surface area contributed by atoms with Crippen LogP contribution in [0.4, 0.5) is 0 Å². The van der Waals surface area contributed by atoms with E-state index in [0.29, 0.717) is 0 Å². The van der Waals surface area contributed by atoms with Crippen molar-refractivity contribution in [2.75, 3.05) is 13.2 Å². The number of hydrogen-bond donors (Lipinski definition) is 2. The molecule has 0 saturated carbocycles. The molecule has 0 bridgehead atoms. The number of hydrogen-bond acceptors (Lipinski definition) is 2. The van der Waals surface area contributed by atoms with Gasteiger partial charge in [0, 0.05) is 5.92 Å². The molecule has 0 aromatic rings. The Morgan fingerprint density at radius 1 is 1.30 bits per heavy atom. The summed E-state index contributed by atoms with van der Waals surface area (Å²) in [5.74, 6) is -0.139. The Bertz CT molecular complexity index is 75.3. The molecule has 2 nitrogen and oxygen atoms in total. The summed E-state index contributed by atoms with van der Waals surface area (Å²) in [6.45, 7) is 8.60. The monoisotopic (exact) mass is 144 g/mol. The van der Waals surface area contributed by atoms with Gasteiger partial charge in [0.15, 0.2) is 0 Å². The van der Waals surface area contributed by atoms with Crippen LogP contribution in [0.1, 0.15) is 6.92 Å². The number of rotatable bonds is 3. The van der Waals surface area contributed by atoms with Crippen molar-refractivity contribution in [3.63, 3.8) is 0 Å². The molecule has 0 fully saturated rings. The lowest BCUT2D eigenvalue weighted by atomic mass is 10.2. The molecule has 2 N–H and O–H groups in total. The highest BCUT2D eigenvalue weighted by atomic mass is 16.3. The summed E-state index contributed by atoms with van der Waals surface area (Å²) < 4.78 is 0. The minimum absolute atomic E-state index is 0.0139. The molecule has 0 atom stereocenters. The van der Waals surface area contributed by atoms with Gasteiger partial charge in [-0.25, -0.2) is 0 Å². The zero-order valence-corrected chi connectivity index (χ0v) is 6.45. The molecule has 0 unspecified atom stereocenters. The molecular weight excluding hydrogens is 128 g/mol. The molecule has 60 valence electrons. The second kappa shape index (κ2) is 11.2. The van der Waals surface area contributed by atoms with Crippen molar-refractivity contribution >= 4 is 0 Å². The third-order valence-electron chi connectivity index (χ3n) is 0.802. The number of allylic oxidation sites excluding steroid dienone is 1. The van der Waals surface area contributed by atoms with E-state index in [2.05, 4.69) is 13.2 Å². The van der Waals surface area contributed by atoms with Gasteiger partial charge in [0.1, 0.15) is 0 Å². The van der Waals surface area contributed by atoms with Crippen LogP contribution in [0.15, 0.2) is 25.3 Å². The van der Waals surface area contributed by atoms with Gasteiger partial charge < -0.3 is 10.2 Å². The Hall–Kier alpha value is -0.600. The molecule has 10 heavy (non-hydrogen) atoms. The molecule has 0 aromatic carbocycles. The molecule has 0 amide bonds. The first-order chi connectivity index (χ1) is 4.76. The standard InChI is InChI=1S/C5H10O2.C3H6/c1-2-5(3-6)4-7;1-3-2/h2,5-7H,1,3-4H2;3H,1H2,2H3. The van der Waals surface area contributed by atoms with Gasteiger partial charge in [-0.05, 0) is 6.92 Å². The van der Waals surface area contributed by atoms with Crippen LogP contribution in [0.25, 0.3) is 0 Å². The van der Waals surface area contributed by atoms with Gasteiger partial charge in [-0.1, -0.05) is 12.2 Å². The Morgan fingerprint density at radius 2 is 1.60 bits per heavy atom. The Kier molecular flexibility index (Phi) is 13.6. The molecule has 0 radical (unpaired) electrons. The van der Waals surface area contributed by atoms with Crippen molar-refractivity contribution in [1.29, 1.82) is 0 Å². The fraction of sp³-hybridized carbons (Fsp3) is 0.500. The molecule has 0 aliphatic rings. The summed E-state index contributed by atoms with van der Waals surface area (Å²) in [5, 5.41) is 16.6. The van der Waals surface area contributed by atoms with E-state index in [9.17, 15) is 0 Å². The van der Waals surface area contributed by atoms with Crippen molar-refractivity contribution in [2.45, 2.75) is 6.92 Å². The van der Waals surface area contributed by atoms with Crippen LogP contribution in [-0.2, 0) is 0 Å². The normalized spacial score (nSPS) is 8.00. The van der Waals surface area contributed by atoms with Crippen molar-refractivity contribution in [1.82, 2.24) is 0 Å². The van der Waals surface area contributed by atoms with Crippen LogP contribution >= 0.6 is 0 Å². The van der Waals surface area contributed by atoms with Crippen molar-refractivity contribution in [2.24, 2.45) is 5.92 Å². The lowest BCUT2D eigenvalue weighted by Crippen LogP contribution is -2.06. The first-order valence-corrected chi connectivity index (χ1v) is 3.18. The van der Waals surface area contributed by atoms with E-state index in [4.69, 9.17) is 10.2 Å². The van der Waals surface area contributed by atoms with Crippen LogP contribution in [-0.4, -0.2) is 23.4 Å². The zero-order valence-electron chi connectivity index (χ0n) is 6.45. The molecule has 0 saturated heterocycles. The second-order valence-corrected chi connectivity index (χ2v) is 1.77. The summed E-state index contributed by atoms with van der Waals surface area (Å²) in [6, 6.07) is 0. The van der Waals surface area contributed by atoms with Gasteiger partial charge in [-0.15, -0.1) is 13.2 Å². The largest absolute Gasteiger partial charge is 0.396 e. The van der Waals surface area contributed by atoms with Gasteiger partial charge in [-0.3, -0.25) is 0 Å². The average Bonchev–Trinajstić information content (AvgIpc) is 1.93. The Labute approximate surface area is 62.5 Å². The maximum absolute atomic E-state index is 8.29. The van der Waals surface area contributed by atoms with E-state index in [1.165, 1.54) is 6.08 Å². The molecule has 0 rings (SSSR count). The maximum Gasteiger partial charge on any atom is 0.0515 e. The highest BCUT2D eigenvalue weighted by Gasteiger charge is 1.95. The number of aliphatic hydroxyl groups excluding tert-OH is 2. The quantitative estimate of drug-likeness (QED) is 0.579. The van der Waals surface area contributed by atoms with Gasteiger partial charge in [0.05, 0.1) is 13.2 Å². The third-order valence-corrected chi connectivity index (χ3v) is 0.802. The van der Waals surface area contributed by atoms with Gasteiger partial charge >= 0.3 is 0 Å². The molecular formula is C8H16O2. The fourth-order valence-electron chi connectivity index (χ4n) is 0.207. The van der Waals surface area contributed by atoms with Crippen molar-refractivity contribution < 1.29 is 10.2 Å². The second-order valence-electron chi connectivity index (χ2n) is 1.77. The van der Waals surface area contributed by atoms with Crippen molar-refractivity contribution in [3.8, 4) is 0 Å². The number of aliphatic hydroxyl groups is 2. The zero-order chi connectivity index (χ0) is 8.41. The van der Waals surface area contributed by atoms with E-state index in [1.54, 1.807) is 6.08 Å². The predicted molar refractivity (Wildman–Crippen MR) is 43.7 cm³/mol. The van der Waals surface area contributed by atoms with Crippen LogP contribution in [0.5, 0.6) is 0 Å². The van der Waals surface area contributed by atoms with E-state index in [0.717, 1.165) is 0 Å². The molecule has 0 spiro atoms. The fourth-order valence-corrected chi connectivity index (χ4v) is 0.207. The Morgan fingerprint density at radius 3 is 1.60 bits per heavy atom. The summed E-state index contributed by atoms with van der Waals surface area (Å²) in [6.07, 6.45) is 3.28. The summed E-state index contributed by atoms with van der Waals surface area (Å²) >= 11 is 0. The van der Waals surface area contributed by atoms with E-state index in [1.807, 2.05) is 6.92 Å². The first-order valence-electron chi connectivity index (χ1n) is 3.18. The van der Waals surface area contributed by atoms with E-state index >= 15 is 0 Å². The van der Waals surface area contributed by atoms with Crippen LogP contribution in [0, 0.1) is 5.92 Å². The SMILES string of the molecule is C=CC.C=CC(CO)CO. The Balaban J connectivity index is 0. The summed E-state index contributed by atoms with van der Waals surface area (Å²) in [7, 11) is 0. The lowest BCUT2D eigenvalue weighted by Gasteiger charge is -1.99. The molecule has 0 aliphatic carbocycles. The first kappa shape index (κ1) is 12.1. The van der Waals surface area contributed by atoms with Crippen LogP contribution < -0.4 is 0 Å². The topological polar surface area (TPSA) is 40.5 Å². The molecule has 0 heterocycles. The summed E-state index contributed by atoms with van der Waals surface area (Å²) in [4.78, 5) is 0. The highest BCUT2D eigenvalue weighted by molar-refractivity contribution is 4.76. The summed E-state index contributed by atoms with van der Waals surface area (Å²) in [5.41, 5.74) is 0. The lowest BCUT2D eigenvalue weighted by molar-refractivity contribution is 0.178. The van der Waals surface area contributed by atoms with Gasteiger partial charge in [0.2, 0.25) is 0 Å². The maximum atomic E-state index is 8.29. The average molecular weight is 144 g/mol. The minimum Gasteiger partial charge on any atom is -0.396 e. The van der Waals surface area contributed by atoms with E-state index < -0.39 is 0 Å². The smallest absolute Gasteiger partial charge is 0.0515 e. The highest BCUT2D eigenvalue weighted by Crippen LogP contribution is 1.90. The predicted octanol–water partition coefficient (Wildman–Crippen LogP) is 0.965. The van der Waals surface area contributed by atoms with Crippen molar-refractivity contribution in [3.05, 3.63) is 25.3 Å². The third kappa shape index (κ3) is 10.4. The van der Waals surface area contributed by atoms with Crippen LogP contribution in [0.2, 0.25) is 0 Å². The van der Waals surface area contributed by atoms with Crippen LogP contribution in [0.3, 0.4) is 0 Å². The molecule has 0 aliphatic heterocycles.